The summed E-state index contributed by atoms with van der Waals surface area (Å²) in [4.78, 5) is 38.1. The van der Waals surface area contributed by atoms with E-state index in [-0.39, 0.29) is 37.5 Å². The van der Waals surface area contributed by atoms with Crippen molar-refractivity contribution in [2.24, 2.45) is 0 Å². The maximum atomic E-state index is 12.8. The van der Waals surface area contributed by atoms with Crippen LogP contribution in [0.5, 0.6) is 0 Å². The second-order valence-electron chi connectivity index (χ2n) is 18.5. The number of hydrogen-bond acceptors (Lipinski definition) is 6. The first-order valence-electron chi connectivity index (χ1n) is 28.1. The van der Waals surface area contributed by atoms with Gasteiger partial charge in [0.1, 0.15) is 13.2 Å². The molecule has 384 valence electrons. The third-order valence-electron chi connectivity index (χ3n) is 11.8. The summed E-state index contributed by atoms with van der Waals surface area (Å²) in [6.07, 6.45) is 71.4. The zero-order valence-corrected chi connectivity index (χ0v) is 43.9. The van der Waals surface area contributed by atoms with E-state index in [0.717, 1.165) is 96.3 Å². The smallest absolute Gasteiger partial charge is 0.306 e. The fourth-order valence-corrected chi connectivity index (χ4v) is 7.58. The molecule has 0 aliphatic carbocycles. The topological polar surface area (TPSA) is 78.9 Å². The minimum absolute atomic E-state index is 0.106. The summed E-state index contributed by atoms with van der Waals surface area (Å²) in [6, 6.07) is 0. The second-order valence-corrected chi connectivity index (χ2v) is 18.5. The summed E-state index contributed by atoms with van der Waals surface area (Å²) in [5, 5.41) is 0. The van der Waals surface area contributed by atoms with Gasteiger partial charge < -0.3 is 14.2 Å². The molecular formula is C61H104O6. The Hall–Kier alpha value is -3.41. The Kier molecular flexibility index (Phi) is 52.4. The van der Waals surface area contributed by atoms with Crippen LogP contribution >= 0.6 is 0 Å². The lowest BCUT2D eigenvalue weighted by molar-refractivity contribution is -0.167. The molecule has 0 aromatic carbocycles. The molecule has 0 rings (SSSR count). The van der Waals surface area contributed by atoms with E-state index in [9.17, 15) is 14.4 Å². The maximum Gasteiger partial charge on any atom is 0.306 e. The van der Waals surface area contributed by atoms with Crippen molar-refractivity contribution < 1.29 is 28.6 Å². The molecule has 0 amide bonds. The van der Waals surface area contributed by atoms with Crippen molar-refractivity contribution in [3.8, 4) is 0 Å². The molecule has 1 atom stereocenters. The average molecular weight is 933 g/mol. The number of esters is 3. The number of rotatable bonds is 50. The molecule has 0 saturated heterocycles. The Bertz CT molecular complexity index is 1300. The summed E-state index contributed by atoms with van der Waals surface area (Å²) in [5.41, 5.74) is 0. The normalized spacial score (nSPS) is 12.7. The highest BCUT2D eigenvalue weighted by atomic mass is 16.6. The van der Waals surface area contributed by atoms with Gasteiger partial charge in [-0.2, -0.15) is 0 Å². The SMILES string of the molecule is CCCCC/C=C\C/C=C\C/C=C\CCCCCCC(=O)O[C@H](COC(=O)CCC/C=C\C/C=C\C/C=C\CCCCCCCC)COC(=O)CCCCCCC/C=C\CCCCCCCC. The van der Waals surface area contributed by atoms with E-state index >= 15 is 0 Å². The first-order chi connectivity index (χ1) is 33.0. The molecule has 0 aliphatic heterocycles. The predicted molar refractivity (Wildman–Crippen MR) is 288 cm³/mol. The van der Waals surface area contributed by atoms with Gasteiger partial charge in [-0.1, -0.05) is 215 Å². The third kappa shape index (κ3) is 53.4. The Balaban J connectivity index is 4.52. The number of carbonyl (C=O) groups is 3. The molecule has 6 heteroatoms. The molecule has 0 saturated carbocycles. The molecule has 0 fully saturated rings. The summed E-state index contributed by atoms with van der Waals surface area (Å²) >= 11 is 0. The minimum Gasteiger partial charge on any atom is -0.462 e. The molecule has 0 N–H and O–H groups in total. The van der Waals surface area contributed by atoms with E-state index in [1.807, 2.05) is 0 Å². The summed E-state index contributed by atoms with van der Waals surface area (Å²) < 4.78 is 16.8. The van der Waals surface area contributed by atoms with Gasteiger partial charge in [0.05, 0.1) is 0 Å². The number of carbonyl (C=O) groups excluding carboxylic acids is 3. The Morgan fingerprint density at radius 1 is 0.299 bits per heavy atom. The third-order valence-corrected chi connectivity index (χ3v) is 11.8. The lowest BCUT2D eigenvalue weighted by atomic mass is 10.1. The van der Waals surface area contributed by atoms with E-state index in [0.29, 0.717) is 19.3 Å². The fraction of sp³-hybridized carbons (Fsp3) is 0.721. The number of allylic oxidation sites excluding steroid dienone is 14. The first-order valence-corrected chi connectivity index (χ1v) is 28.1. The van der Waals surface area contributed by atoms with Crippen molar-refractivity contribution in [3.05, 3.63) is 85.1 Å². The zero-order chi connectivity index (χ0) is 48.6. The van der Waals surface area contributed by atoms with E-state index < -0.39 is 6.10 Å². The van der Waals surface area contributed by atoms with Gasteiger partial charge >= 0.3 is 17.9 Å². The average Bonchev–Trinajstić information content (AvgIpc) is 3.33. The Morgan fingerprint density at radius 2 is 0.552 bits per heavy atom. The van der Waals surface area contributed by atoms with Gasteiger partial charge in [0.25, 0.3) is 0 Å². The fourth-order valence-electron chi connectivity index (χ4n) is 7.58. The van der Waals surface area contributed by atoms with Crippen molar-refractivity contribution in [3.63, 3.8) is 0 Å². The van der Waals surface area contributed by atoms with Gasteiger partial charge in [0, 0.05) is 19.3 Å². The van der Waals surface area contributed by atoms with Gasteiger partial charge in [0.2, 0.25) is 0 Å². The van der Waals surface area contributed by atoms with Gasteiger partial charge in [-0.3, -0.25) is 14.4 Å². The van der Waals surface area contributed by atoms with E-state index in [1.165, 1.54) is 122 Å². The van der Waals surface area contributed by atoms with Crippen molar-refractivity contribution in [1.82, 2.24) is 0 Å². The van der Waals surface area contributed by atoms with Crippen LogP contribution in [0.25, 0.3) is 0 Å². The molecular weight excluding hydrogens is 829 g/mol. The number of unbranched alkanes of at least 4 members (excludes halogenated alkanes) is 25. The lowest BCUT2D eigenvalue weighted by Gasteiger charge is -2.18. The van der Waals surface area contributed by atoms with Gasteiger partial charge in [-0.05, 0) is 116 Å². The first kappa shape index (κ1) is 63.6. The zero-order valence-electron chi connectivity index (χ0n) is 43.9. The van der Waals surface area contributed by atoms with Crippen molar-refractivity contribution in [2.75, 3.05) is 13.2 Å². The van der Waals surface area contributed by atoms with E-state index in [4.69, 9.17) is 14.2 Å². The van der Waals surface area contributed by atoms with Gasteiger partial charge in [0.15, 0.2) is 6.10 Å². The highest BCUT2D eigenvalue weighted by Gasteiger charge is 2.19. The molecule has 0 heterocycles. The highest BCUT2D eigenvalue weighted by molar-refractivity contribution is 5.71. The highest BCUT2D eigenvalue weighted by Crippen LogP contribution is 2.13. The molecule has 6 nitrogen and oxygen atoms in total. The largest absolute Gasteiger partial charge is 0.462 e. The van der Waals surface area contributed by atoms with Crippen molar-refractivity contribution >= 4 is 17.9 Å². The van der Waals surface area contributed by atoms with E-state index in [1.54, 1.807) is 0 Å². The summed E-state index contributed by atoms with van der Waals surface area (Å²) in [7, 11) is 0. The molecule has 0 radical (unpaired) electrons. The van der Waals surface area contributed by atoms with Crippen LogP contribution < -0.4 is 0 Å². The van der Waals surface area contributed by atoms with Crippen LogP contribution in [0.1, 0.15) is 265 Å². The number of hydrogen-bond donors (Lipinski definition) is 0. The van der Waals surface area contributed by atoms with Crippen LogP contribution in [0.4, 0.5) is 0 Å². The summed E-state index contributed by atoms with van der Waals surface area (Å²) in [5.74, 6) is -0.987. The van der Waals surface area contributed by atoms with E-state index in [2.05, 4.69) is 106 Å². The van der Waals surface area contributed by atoms with Crippen LogP contribution in [0, 0.1) is 0 Å². The molecule has 0 aromatic rings. The van der Waals surface area contributed by atoms with Gasteiger partial charge in [-0.15, -0.1) is 0 Å². The standard InChI is InChI=1S/C61H104O6/c1-4-7-10-13-16-19-22-25-28-30-33-36-39-42-45-48-51-54-60(63)66-57-58(56-65-59(62)53-50-47-44-41-38-35-32-27-24-21-18-15-12-9-6-3)67-61(64)55-52-49-46-43-40-37-34-31-29-26-23-20-17-14-11-8-5-2/h17,20,25-29,32-34,36-37,42,45,58H,4-16,18-19,21-24,30-31,35,38-41,43-44,46-57H2,1-3H3/b20-17-,28-25-,29-26-,32-27-,36-33-,37-34-,45-42-/t58-/m0/s1. The van der Waals surface area contributed by atoms with Crippen LogP contribution in [-0.4, -0.2) is 37.2 Å². The molecule has 0 bridgehead atoms. The molecule has 0 unspecified atom stereocenters. The lowest BCUT2D eigenvalue weighted by Crippen LogP contribution is -2.30. The Morgan fingerprint density at radius 3 is 0.940 bits per heavy atom. The van der Waals surface area contributed by atoms with Gasteiger partial charge in [-0.25, -0.2) is 0 Å². The second kappa shape index (κ2) is 55.2. The maximum absolute atomic E-state index is 12.8. The van der Waals surface area contributed by atoms with Crippen LogP contribution in [0.3, 0.4) is 0 Å². The molecule has 0 aromatic heterocycles. The minimum atomic E-state index is -0.812. The monoisotopic (exact) mass is 933 g/mol. The Labute approximate surface area is 414 Å². The summed E-state index contributed by atoms with van der Waals surface area (Å²) in [6.45, 7) is 6.54. The van der Waals surface area contributed by atoms with Crippen LogP contribution in [0.15, 0.2) is 85.1 Å². The molecule has 67 heavy (non-hydrogen) atoms. The number of ether oxygens (including phenoxy) is 3. The predicted octanol–water partition coefficient (Wildman–Crippen LogP) is 18.8. The molecule has 0 aliphatic rings. The molecule has 0 spiro atoms. The van der Waals surface area contributed by atoms with Crippen LogP contribution in [0.2, 0.25) is 0 Å². The van der Waals surface area contributed by atoms with Crippen molar-refractivity contribution in [1.29, 1.82) is 0 Å². The van der Waals surface area contributed by atoms with Crippen molar-refractivity contribution in [2.45, 2.75) is 271 Å². The quantitative estimate of drug-likeness (QED) is 0.0262. The van der Waals surface area contributed by atoms with Crippen LogP contribution in [-0.2, 0) is 28.6 Å².